The topological polar surface area (TPSA) is 61.7 Å². The summed E-state index contributed by atoms with van der Waals surface area (Å²) in [7, 11) is 0. The number of rotatable bonds is 6. The van der Waals surface area contributed by atoms with Gasteiger partial charge in [0.2, 0.25) is 0 Å². The predicted octanol–water partition coefficient (Wildman–Crippen LogP) is 14.6. The molecule has 0 atom stereocenters. The maximum absolute atomic E-state index is 9.66. The van der Waals surface area contributed by atoms with Crippen LogP contribution >= 0.6 is 0 Å². The molecule has 0 radical (unpaired) electrons. The van der Waals surface area contributed by atoms with Crippen molar-refractivity contribution >= 4 is 65.6 Å². The highest BCUT2D eigenvalue weighted by molar-refractivity contribution is 6.15. The van der Waals surface area contributed by atoms with Gasteiger partial charge in [-0.25, -0.2) is 15.0 Å². The average Bonchev–Trinajstić information content (AvgIpc) is 4.07. The summed E-state index contributed by atoms with van der Waals surface area (Å²) in [4.78, 5) is 16.0. The third-order valence-corrected chi connectivity index (χ3v) is 12.0. The Bertz CT molecular complexity index is 4220. The van der Waals surface area contributed by atoms with Crippen molar-refractivity contribution in [1.29, 1.82) is 0 Å². The fraction of sp³-hybridized carbons (Fsp3) is 0. The van der Waals surface area contributed by atoms with Gasteiger partial charge in [0, 0.05) is 65.8 Å². The third kappa shape index (κ3) is 5.41. The Labute approximate surface area is 370 Å². The third-order valence-electron chi connectivity index (χ3n) is 12.0. The van der Waals surface area contributed by atoms with Gasteiger partial charge in [-0.1, -0.05) is 164 Å². The first-order valence-electron chi connectivity index (χ1n) is 23.7. The van der Waals surface area contributed by atoms with Crippen LogP contribution in [0.1, 0.15) is 8.22 Å². The lowest BCUT2D eigenvalue weighted by molar-refractivity contribution is 0.670. The van der Waals surface area contributed by atoms with Crippen molar-refractivity contribution in [2.75, 3.05) is 0 Å². The minimum Gasteiger partial charge on any atom is -0.455 e. The summed E-state index contributed by atoms with van der Waals surface area (Å²) in [5, 5.41) is 4.28. The summed E-state index contributed by atoms with van der Waals surface area (Å²) < 4.78 is 65.3. The highest BCUT2D eigenvalue weighted by Crippen LogP contribution is 2.45. The molecule has 0 amide bonds. The number of fused-ring (bicyclic) bond motifs is 9. The largest absolute Gasteiger partial charge is 0.455 e. The van der Waals surface area contributed by atoms with Crippen LogP contribution < -0.4 is 0 Å². The molecule has 4 heterocycles. The number of nitrogens with zero attached hydrogens (tertiary/aromatic N) is 5. The molecule has 6 nitrogen and oxygen atoms in total. The second-order valence-electron chi connectivity index (χ2n) is 15.5. The monoisotopic (exact) mass is 811 g/mol. The van der Waals surface area contributed by atoms with E-state index >= 15 is 0 Å². The summed E-state index contributed by atoms with van der Waals surface area (Å²) in [6.07, 6.45) is 0. The average molecular weight is 812 g/mol. The van der Waals surface area contributed by atoms with Gasteiger partial charge in [-0.05, 0) is 48.5 Å². The van der Waals surface area contributed by atoms with E-state index in [1.807, 2.05) is 121 Å². The SMILES string of the molecule is [2H]c1cc([2H])c2oc3c(-c4cccc(-c5nc(-c6ccccc6)nc(-c6cccc7c8ccccc8n(-c8ccccc8)c67)n5)c4-n4c5ccccc5c5ccccc54)c([2H])c([2H])c([2H])c3c2c1[2H]. The zero-order valence-electron chi connectivity index (χ0n) is 39.4. The van der Waals surface area contributed by atoms with Crippen LogP contribution in [0.25, 0.3) is 122 Å². The fourth-order valence-electron chi connectivity index (χ4n) is 9.27. The van der Waals surface area contributed by atoms with Crippen LogP contribution in [0.3, 0.4) is 0 Å². The standard InChI is InChI=1S/C57H35N5O/c1-3-18-36(19-4-1)55-58-56(46-30-15-26-42-40-24-9-11-32-48(40)61(52(42)46)37-20-5-2-6-21-37)60-57(59-55)47-31-16-27-43(45-29-17-28-44-41-25-10-14-35-51(41)63-54(44)45)53(47)62-49-33-12-7-22-38(49)39-23-8-13-34-50(39)62/h1-35H/i10D,17D,25D,28D,29D,35D. The smallest absolute Gasteiger partial charge is 0.166 e. The van der Waals surface area contributed by atoms with E-state index in [0.717, 1.165) is 60.4 Å². The fourth-order valence-corrected chi connectivity index (χ4v) is 9.27. The van der Waals surface area contributed by atoms with Gasteiger partial charge < -0.3 is 13.6 Å². The summed E-state index contributed by atoms with van der Waals surface area (Å²) in [6, 6.07) is 56.2. The zero-order valence-corrected chi connectivity index (χ0v) is 33.4. The molecule has 4 aromatic heterocycles. The van der Waals surface area contributed by atoms with E-state index in [1.165, 1.54) is 6.07 Å². The van der Waals surface area contributed by atoms with Crippen molar-refractivity contribution in [3.05, 3.63) is 212 Å². The summed E-state index contributed by atoms with van der Waals surface area (Å²) in [5.74, 6) is 1.22. The van der Waals surface area contributed by atoms with Crippen molar-refractivity contribution in [2.24, 2.45) is 0 Å². The molecule has 0 aliphatic rings. The molecule has 0 fully saturated rings. The van der Waals surface area contributed by atoms with E-state index in [9.17, 15) is 4.11 Å². The summed E-state index contributed by atoms with van der Waals surface area (Å²) in [5.41, 5.74) is 8.15. The van der Waals surface area contributed by atoms with Crippen LogP contribution in [0.4, 0.5) is 0 Å². The number of benzene rings is 9. The molecule has 13 rings (SSSR count). The molecule has 63 heavy (non-hydrogen) atoms. The molecule has 0 N–H and O–H groups in total. The van der Waals surface area contributed by atoms with Crippen molar-refractivity contribution in [2.45, 2.75) is 0 Å². The lowest BCUT2D eigenvalue weighted by atomic mass is 9.97. The number of furan rings is 1. The molecule has 0 bridgehead atoms. The van der Waals surface area contributed by atoms with E-state index in [4.69, 9.17) is 23.5 Å². The van der Waals surface area contributed by atoms with Crippen LogP contribution in [0.5, 0.6) is 0 Å². The first kappa shape index (κ1) is 29.6. The van der Waals surface area contributed by atoms with Crippen LogP contribution in [-0.2, 0) is 0 Å². The van der Waals surface area contributed by atoms with Gasteiger partial charge in [-0.2, -0.15) is 0 Å². The molecule has 13 aromatic rings. The van der Waals surface area contributed by atoms with Gasteiger partial charge in [-0.15, -0.1) is 0 Å². The highest BCUT2D eigenvalue weighted by Gasteiger charge is 2.25. The normalized spacial score (nSPS) is 13.1. The second kappa shape index (κ2) is 14.0. The van der Waals surface area contributed by atoms with E-state index in [1.54, 1.807) is 0 Å². The molecular weight excluding hydrogens is 771 g/mol. The highest BCUT2D eigenvalue weighted by atomic mass is 16.3. The summed E-state index contributed by atoms with van der Waals surface area (Å²) in [6.45, 7) is 0. The minimum absolute atomic E-state index is 0.0111. The van der Waals surface area contributed by atoms with Gasteiger partial charge in [0.05, 0.1) is 36.0 Å². The molecule has 0 aliphatic carbocycles. The van der Waals surface area contributed by atoms with Crippen molar-refractivity contribution in [1.82, 2.24) is 24.1 Å². The minimum atomic E-state index is -0.379. The molecule has 9 aromatic carbocycles. The van der Waals surface area contributed by atoms with E-state index in [-0.39, 0.29) is 63.8 Å². The Kier molecular flexibility index (Phi) is 6.56. The van der Waals surface area contributed by atoms with Crippen LogP contribution in [0.2, 0.25) is 0 Å². The van der Waals surface area contributed by atoms with Crippen LogP contribution in [0.15, 0.2) is 217 Å². The summed E-state index contributed by atoms with van der Waals surface area (Å²) >= 11 is 0. The Hall–Kier alpha value is -8.61. The maximum Gasteiger partial charge on any atom is 0.166 e. The van der Waals surface area contributed by atoms with E-state index < -0.39 is 0 Å². The molecular formula is C57H35N5O. The molecule has 0 saturated carbocycles. The Morgan fingerprint density at radius 2 is 0.937 bits per heavy atom. The Morgan fingerprint density at radius 1 is 0.381 bits per heavy atom. The van der Waals surface area contributed by atoms with Gasteiger partial charge in [0.25, 0.3) is 0 Å². The Balaban J connectivity index is 1.19. The van der Waals surface area contributed by atoms with E-state index in [0.29, 0.717) is 34.3 Å². The number of hydrogen-bond donors (Lipinski definition) is 0. The van der Waals surface area contributed by atoms with E-state index in [2.05, 4.69) is 57.7 Å². The van der Waals surface area contributed by atoms with Gasteiger partial charge >= 0.3 is 0 Å². The van der Waals surface area contributed by atoms with Crippen molar-refractivity contribution < 1.29 is 12.6 Å². The lowest BCUT2D eigenvalue weighted by Crippen LogP contribution is -2.06. The quantitative estimate of drug-likeness (QED) is 0.168. The molecule has 0 aliphatic heterocycles. The zero-order chi connectivity index (χ0) is 46.7. The molecule has 294 valence electrons. The molecule has 6 heteroatoms. The first-order chi connectivity index (χ1) is 33.8. The van der Waals surface area contributed by atoms with Crippen LogP contribution in [0, 0.1) is 0 Å². The number of aromatic nitrogens is 5. The lowest BCUT2D eigenvalue weighted by Gasteiger charge is -2.19. The molecule has 0 unspecified atom stereocenters. The second-order valence-corrected chi connectivity index (χ2v) is 15.5. The van der Waals surface area contributed by atoms with Crippen LogP contribution in [-0.4, -0.2) is 24.1 Å². The molecule has 0 saturated heterocycles. The van der Waals surface area contributed by atoms with Crippen molar-refractivity contribution in [3.63, 3.8) is 0 Å². The first-order valence-corrected chi connectivity index (χ1v) is 20.7. The van der Waals surface area contributed by atoms with Crippen molar-refractivity contribution in [3.8, 4) is 56.7 Å². The molecule has 0 spiro atoms. The number of hydrogen-bond acceptors (Lipinski definition) is 4. The van der Waals surface area contributed by atoms with Gasteiger partial charge in [-0.3, -0.25) is 0 Å². The Morgan fingerprint density at radius 3 is 1.68 bits per heavy atom. The number of para-hydroxylation sites is 8. The van der Waals surface area contributed by atoms with Gasteiger partial charge in [0.15, 0.2) is 17.5 Å². The maximum atomic E-state index is 9.66. The predicted molar refractivity (Wildman–Crippen MR) is 258 cm³/mol. The van der Waals surface area contributed by atoms with Gasteiger partial charge in [0.1, 0.15) is 11.2 Å².